The monoisotopic (exact) mass is 241 g/mol. The molecular formula is C12H13F2NO2. The number of carbonyl (C=O) groups is 1. The van der Waals surface area contributed by atoms with Gasteiger partial charge >= 0.3 is 0 Å². The van der Waals surface area contributed by atoms with Gasteiger partial charge in [-0.25, -0.2) is 8.78 Å². The highest BCUT2D eigenvalue weighted by atomic mass is 19.2. The number of nitrogens with one attached hydrogen (secondary N) is 1. The van der Waals surface area contributed by atoms with E-state index in [2.05, 4.69) is 5.32 Å². The molecule has 2 rings (SSSR count). The summed E-state index contributed by atoms with van der Waals surface area (Å²) in [5, 5.41) is 2.41. The van der Waals surface area contributed by atoms with Gasteiger partial charge in [-0.05, 0) is 25.0 Å². The Bertz CT molecular complexity index is 417. The highest BCUT2D eigenvalue weighted by Crippen LogP contribution is 2.20. The number of carbonyl (C=O) groups excluding carboxylic acids is 1. The third-order valence-electron chi connectivity index (χ3n) is 2.80. The van der Waals surface area contributed by atoms with Crippen molar-refractivity contribution in [2.75, 3.05) is 18.5 Å². The number of rotatable bonds is 2. The van der Waals surface area contributed by atoms with Gasteiger partial charge in [0.25, 0.3) is 0 Å². The van der Waals surface area contributed by atoms with Crippen molar-refractivity contribution in [3.05, 3.63) is 29.8 Å². The molecule has 0 atom stereocenters. The second-order valence-electron chi connectivity index (χ2n) is 3.98. The molecule has 0 spiro atoms. The van der Waals surface area contributed by atoms with Gasteiger partial charge in [0, 0.05) is 19.1 Å². The molecule has 0 bridgehead atoms. The minimum absolute atomic E-state index is 0.110. The maximum Gasteiger partial charge on any atom is 0.227 e. The van der Waals surface area contributed by atoms with Crippen LogP contribution in [0.2, 0.25) is 0 Å². The molecule has 1 aliphatic heterocycles. The van der Waals surface area contributed by atoms with Gasteiger partial charge in [-0.15, -0.1) is 0 Å². The number of amides is 1. The first-order valence-corrected chi connectivity index (χ1v) is 5.51. The van der Waals surface area contributed by atoms with Crippen LogP contribution >= 0.6 is 0 Å². The molecular weight excluding hydrogens is 228 g/mol. The standard InChI is InChI=1S/C12H13F2NO2/c13-9-2-1-3-10(11(9)14)15-12(16)8-4-6-17-7-5-8/h1-3,8H,4-7H2,(H,15,16). The van der Waals surface area contributed by atoms with Crippen LogP contribution in [0.25, 0.3) is 0 Å². The van der Waals surface area contributed by atoms with Gasteiger partial charge in [0.15, 0.2) is 11.6 Å². The van der Waals surface area contributed by atoms with Gasteiger partial charge in [-0.2, -0.15) is 0 Å². The van der Waals surface area contributed by atoms with E-state index in [-0.39, 0.29) is 17.5 Å². The topological polar surface area (TPSA) is 38.3 Å². The molecule has 92 valence electrons. The van der Waals surface area contributed by atoms with Crippen LogP contribution in [0, 0.1) is 17.6 Å². The summed E-state index contributed by atoms with van der Waals surface area (Å²) in [6.07, 6.45) is 1.23. The van der Waals surface area contributed by atoms with Crippen molar-refractivity contribution in [1.29, 1.82) is 0 Å². The fraction of sp³-hybridized carbons (Fsp3) is 0.417. The van der Waals surface area contributed by atoms with E-state index in [4.69, 9.17) is 4.74 Å². The van der Waals surface area contributed by atoms with E-state index in [0.717, 1.165) is 6.07 Å². The lowest BCUT2D eigenvalue weighted by Gasteiger charge is -2.21. The number of anilines is 1. The molecule has 1 heterocycles. The molecule has 0 radical (unpaired) electrons. The quantitative estimate of drug-likeness (QED) is 0.863. The van der Waals surface area contributed by atoms with E-state index in [1.807, 2.05) is 0 Å². The highest BCUT2D eigenvalue weighted by Gasteiger charge is 2.22. The Balaban J connectivity index is 2.04. The first-order valence-electron chi connectivity index (χ1n) is 5.51. The van der Waals surface area contributed by atoms with Crippen LogP contribution in [0.5, 0.6) is 0 Å². The van der Waals surface area contributed by atoms with E-state index in [9.17, 15) is 13.6 Å². The van der Waals surface area contributed by atoms with Crippen LogP contribution in [-0.2, 0) is 9.53 Å². The zero-order valence-electron chi connectivity index (χ0n) is 9.21. The Hall–Kier alpha value is -1.49. The Morgan fingerprint density at radius 3 is 2.71 bits per heavy atom. The lowest BCUT2D eigenvalue weighted by atomic mass is 9.99. The molecule has 1 aliphatic rings. The van der Waals surface area contributed by atoms with Crippen molar-refractivity contribution in [1.82, 2.24) is 0 Å². The summed E-state index contributed by atoms with van der Waals surface area (Å²) in [5.74, 6) is -2.45. The summed E-state index contributed by atoms with van der Waals surface area (Å²) in [4.78, 5) is 11.8. The van der Waals surface area contributed by atoms with Crippen molar-refractivity contribution in [2.45, 2.75) is 12.8 Å². The fourth-order valence-corrected chi connectivity index (χ4v) is 1.79. The van der Waals surface area contributed by atoms with Crippen molar-refractivity contribution in [3.63, 3.8) is 0 Å². The van der Waals surface area contributed by atoms with Crippen LogP contribution in [0.15, 0.2) is 18.2 Å². The normalized spacial score (nSPS) is 16.8. The predicted molar refractivity (Wildman–Crippen MR) is 58.5 cm³/mol. The minimum atomic E-state index is -1.02. The Labute approximate surface area is 97.8 Å². The van der Waals surface area contributed by atoms with Gasteiger partial charge in [-0.1, -0.05) is 6.07 Å². The van der Waals surface area contributed by atoms with E-state index in [1.165, 1.54) is 12.1 Å². The van der Waals surface area contributed by atoms with E-state index in [0.29, 0.717) is 26.1 Å². The lowest BCUT2D eigenvalue weighted by Crippen LogP contribution is -2.28. The van der Waals surface area contributed by atoms with Gasteiger partial charge in [0.1, 0.15) is 0 Å². The molecule has 0 aromatic heterocycles. The average molecular weight is 241 g/mol. The molecule has 0 saturated carbocycles. The molecule has 17 heavy (non-hydrogen) atoms. The number of halogens is 2. The van der Waals surface area contributed by atoms with Crippen LogP contribution in [0.1, 0.15) is 12.8 Å². The van der Waals surface area contributed by atoms with Crippen LogP contribution in [0.4, 0.5) is 14.5 Å². The van der Waals surface area contributed by atoms with Crippen molar-refractivity contribution < 1.29 is 18.3 Å². The molecule has 1 aromatic carbocycles. The Morgan fingerprint density at radius 2 is 2.00 bits per heavy atom. The second-order valence-corrected chi connectivity index (χ2v) is 3.98. The summed E-state index contributed by atoms with van der Waals surface area (Å²) < 4.78 is 31.4. The van der Waals surface area contributed by atoms with E-state index in [1.54, 1.807) is 0 Å². The minimum Gasteiger partial charge on any atom is -0.381 e. The first-order chi connectivity index (χ1) is 8.18. The zero-order valence-corrected chi connectivity index (χ0v) is 9.21. The third-order valence-corrected chi connectivity index (χ3v) is 2.80. The molecule has 1 amide bonds. The summed E-state index contributed by atoms with van der Waals surface area (Å²) in [6, 6.07) is 3.72. The van der Waals surface area contributed by atoms with Crippen LogP contribution in [-0.4, -0.2) is 19.1 Å². The van der Waals surface area contributed by atoms with Gasteiger partial charge in [0.2, 0.25) is 5.91 Å². The molecule has 1 aromatic rings. The molecule has 3 nitrogen and oxygen atoms in total. The zero-order chi connectivity index (χ0) is 12.3. The summed E-state index contributed by atoms with van der Waals surface area (Å²) >= 11 is 0. The fourth-order valence-electron chi connectivity index (χ4n) is 1.79. The number of benzene rings is 1. The average Bonchev–Trinajstić information content (AvgIpc) is 2.36. The van der Waals surface area contributed by atoms with Crippen LogP contribution in [0.3, 0.4) is 0 Å². The van der Waals surface area contributed by atoms with Crippen molar-refractivity contribution in [3.8, 4) is 0 Å². The number of hydrogen-bond acceptors (Lipinski definition) is 2. The van der Waals surface area contributed by atoms with Gasteiger partial charge in [0.05, 0.1) is 5.69 Å². The predicted octanol–water partition coefficient (Wildman–Crippen LogP) is 2.33. The third kappa shape index (κ3) is 2.79. The van der Waals surface area contributed by atoms with Crippen molar-refractivity contribution >= 4 is 11.6 Å². The SMILES string of the molecule is O=C(Nc1cccc(F)c1F)C1CCOCC1. The smallest absolute Gasteiger partial charge is 0.227 e. The largest absolute Gasteiger partial charge is 0.381 e. The highest BCUT2D eigenvalue weighted by molar-refractivity contribution is 5.92. The van der Waals surface area contributed by atoms with Crippen LogP contribution < -0.4 is 5.32 Å². The number of ether oxygens (including phenoxy) is 1. The second kappa shape index (κ2) is 5.23. The molecule has 1 fully saturated rings. The Kier molecular flexibility index (Phi) is 3.68. The summed E-state index contributed by atoms with van der Waals surface area (Å²) in [6.45, 7) is 1.06. The van der Waals surface area contributed by atoms with Gasteiger partial charge in [-0.3, -0.25) is 4.79 Å². The molecule has 5 heteroatoms. The molecule has 1 N–H and O–H groups in total. The first kappa shape index (κ1) is 12.0. The van der Waals surface area contributed by atoms with E-state index >= 15 is 0 Å². The summed E-state index contributed by atoms with van der Waals surface area (Å²) in [5.41, 5.74) is -0.110. The lowest BCUT2D eigenvalue weighted by molar-refractivity contribution is -0.122. The van der Waals surface area contributed by atoms with E-state index < -0.39 is 11.6 Å². The maximum absolute atomic E-state index is 13.3. The number of hydrogen-bond donors (Lipinski definition) is 1. The molecule has 0 aliphatic carbocycles. The van der Waals surface area contributed by atoms with Crippen molar-refractivity contribution in [2.24, 2.45) is 5.92 Å². The summed E-state index contributed by atoms with van der Waals surface area (Å²) in [7, 11) is 0. The van der Waals surface area contributed by atoms with Gasteiger partial charge < -0.3 is 10.1 Å². The molecule has 0 unspecified atom stereocenters. The maximum atomic E-state index is 13.3. The molecule has 1 saturated heterocycles. The Morgan fingerprint density at radius 1 is 1.29 bits per heavy atom.